The lowest BCUT2D eigenvalue weighted by atomic mass is 10.2. The SMILES string of the molecule is CSc1ccc(S(=O)(=O)N[C@H](C)COc2ccc(C)cc2)cc1NC(C)=O. The standard InChI is InChI=1S/C19H24N2O4S2/c1-13-5-7-16(8-6-13)25-12-14(2)21-27(23,24)17-9-10-19(26-4)18(11-17)20-15(3)22/h5-11,14,21H,12H2,1-4H3,(H,20,22)/t14-/m1/s1. The van der Waals surface area contributed by atoms with Crippen LogP contribution in [-0.4, -0.2) is 33.2 Å². The molecule has 0 saturated carbocycles. The van der Waals surface area contributed by atoms with Crippen LogP contribution in [0.1, 0.15) is 19.4 Å². The molecule has 2 rings (SSSR count). The van der Waals surface area contributed by atoms with Gasteiger partial charge in [-0.05, 0) is 50.4 Å². The molecule has 6 nitrogen and oxygen atoms in total. The van der Waals surface area contributed by atoms with Gasteiger partial charge in [0.2, 0.25) is 15.9 Å². The van der Waals surface area contributed by atoms with Gasteiger partial charge in [-0.1, -0.05) is 17.7 Å². The molecule has 0 aliphatic heterocycles. The fourth-order valence-corrected chi connectivity index (χ4v) is 4.15. The summed E-state index contributed by atoms with van der Waals surface area (Å²) in [6.45, 7) is 5.30. The van der Waals surface area contributed by atoms with Crippen LogP contribution in [0.2, 0.25) is 0 Å². The number of hydrogen-bond acceptors (Lipinski definition) is 5. The molecule has 0 fully saturated rings. The van der Waals surface area contributed by atoms with Crippen molar-refractivity contribution in [2.75, 3.05) is 18.2 Å². The fourth-order valence-electron chi connectivity index (χ4n) is 2.36. The van der Waals surface area contributed by atoms with Crippen molar-refractivity contribution in [3.63, 3.8) is 0 Å². The number of aryl methyl sites for hydroxylation is 1. The van der Waals surface area contributed by atoms with Crippen LogP contribution in [0.25, 0.3) is 0 Å². The summed E-state index contributed by atoms with van der Waals surface area (Å²) in [5.41, 5.74) is 1.60. The summed E-state index contributed by atoms with van der Waals surface area (Å²) in [7, 11) is -3.74. The topological polar surface area (TPSA) is 84.5 Å². The van der Waals surface area contributed by atoms with Crippen LogP contribution in [0.5, 0.6) is 5.75 Å². The first kappa shape index (κ1) is 21.3. The molecular formula is C19H24N2O4S2. The van der Waals surface area contributed by atoms with Gasteiger partial charge in [0, 0.05) is 11.8 Å². The van der Waals surface area contributed by atoms with Gasteiger partial charge in [0.1, 0.15) is 12.4 Å². The molecule has 0 radical (unpaired) electrons. The number of benzene rings is 2. The first-order valence-electron chi connectivity index (χ1n) is 8.38. The minimum atomic E-state index is -3.74. The van der Waals surface area contributed by atoms with Crippen molar-refractivity contribution in [3.05, 3.63) is 48.0 Å². The van der Waals surface area contributed by atoms with E-state index in [1.807, 2.05) is 37.4 Å². The van der Waals surface area contributed by atoms with E-state index in [4.69, 9.17) is 4.74 Å². The van der Waals surface area contributed by atoms with Crippen LogP contribution in [0.3, 0.4) is 0 Å². The zero-order valence-corrected chi connectivity index (χ0v) is 17.4. The molecule has 8 heteroatoms. The highest BCUT2D eigenvalue weighted by Gasteiger charge is 2.19. The Morgan fingerprint density at radius 3 is 2.44 bits per heavy atom. The van der Waals surface area contributed by atoms with Crippen molar-refractivity contribution in [2.24, 2.45) is 0 Å². The third-order valence-corrected chi connectivity index (χ3v) is 6.05. The van der Waals surface area contributed by atoms with Gasteiger partial charge in [-0.2, -0.15) is 0 Å². The number of carbonyl (C=O) groups is 1. The van der Waals surface area contributed by atoms with Gasteiger partial charge in [0.15, 0.2) is 0 Å². The van der Waals surface area contributed by atoms with Gasteiger partial charge in [-0.15, -0.1) is 11.8 Å². The number of carbonyl (C=O) groups excluding carboxylic acids is 1. The second-order valence-corrected chi connectivity index (χ2v) is 8.75. The summed E-state index contributed by atoms with van der Waals surface area (Å²) in [5, 5.41) is 2.66. The van der Waals surface area contributed by atoms with Gasteiger partial charge >= 0.3 is 0 Å². The second-order valence-electron chi connectivity index (χ2n) is 6.19. The normalized spacial score (nSPS) is 12.4. The Hall–Kier alpha value is -2.03. The number of amides is 1. The molecule has 2 aromatic carbocycles. The highest BCUT2D eigenvalue weighted by molar-refractivity contribution is 7.98. The maximum absolute atomic E-state index is 12.7. The van der Waals surface area contributed by atoms with Gasteiger partial charge in [0.25, 0.3) is 0 Å². The summed E-state index contributed by atoms with van der Waals surface area (Å²) in [5.74, 6) is 0.427. The average Bonchev–Trinajstić information content (AvgIpc) is 2.60. The highest BCUT2D eigenvalue weighted by Crippen LogP contribution is 2.28. The smallest absolute Gasteiger partial charge is 0.241 e. The lowest BCUT2D eigenvalue weighted by Crippen LogP contribution is -2.36. The number of nitrogens with one attached hydrogen (secondary N) is 2. The molecule has 0 aromatic heterocycles. The number of hydrogen-bond donors (Lipinski definition) is 2. The van der Waals surface area contributed by atoms with E-state index < -0.39 is 16.1 Å². The Labute approximate surface area is 164 Å². The molecule has 2 N–H and O–H groups in total. The van der Waals surface area contributed by atoms with Crippen LogP contribution in [0.15, 0.2) is 52.3 Å². The molecule has 0 heterocycles. The number of anilines is 1. The molecule has 0 bridgehead atoms. The average molecular weight is 409 g/mol. The summed E-state index contributed by atoms with van der Waals surface area (Å²) in [6, 6.07) is 11.8. The number of ether oxygens (including phenoxy) is 1. The number of thioether (sulfide) groups is 1. The minimum absolute atomic E-state index is 0.0891. The van der Waals surface area contributed by atoms with E-state index in [0.717, 1.165) is 10.5 Å². The van der Waals surface area contributed by atoms with Gasteiger partial charge in [-0.25, -0.2) is 13.1 Å². The Morgan fingerprint density at radius 2 is 1.85 bits per heavy atom. The van der Waals surface area contributed by atoms with E-state index in [9.17, 15) is 13.2 Å². The van der Waals surface area contributed by atoms with Crippen molar-refractivity contribution in [2.45, 2.75) is 36.6 Å². The number of sulfonamides is 1. The van der Waals surface area contributed by atoms with Gasteiger partial charge in [-0.3, -0.25) is 4.79 Å². The molecule has 146 valence electrons. The molecular weight excluding hydrogens is 384 g/mol. The fraction of sp³-hybridized carbons (Fsp3) is 0.316. The van der Waals surface area contributed by atoms with Crippen molar-refractivity contribution in [3.8, 4) is 5.75 Å². The summed E-state index contributed by atoms with van der Waals surface area (Å²) < 4.78 is 33.5. The molecule has 0 aliphatic rings. The predicted molar refractivity (Wildman–Crippen MR) is 109 cm³/mol. The Balaban J connectivity index is 2.08. The molecule has 0 aliphatic carbocycles. The third kappa shape index (κ3) is 6.27. The molecule has 0 unspecified atom stereocenters. The second kappa shape index (κ2) is 9.25. The van der Waals surface area contributed by atoms with E-state index in [2.05, 4.69) is 10.0 Å². The molecule has 2 aromatic rings. The van der Waals surface area contributed by atoms with E-state index in [-0.39, 0.29) is 17.4 Å². The van der Waals surface area contributed by atoms with Crippen LogP contribution < -0.4 is 14.8 Å². The Kier molecular flexibility index (Phi) is 7.29. The van der Waals surface area contributed by atoms with Crippen LogP contribution >= 0.6 is 11.8 Å². The summed E-state index contributed by atoms with van der Waals surface area (Å²) in [6.07, 6.45) is 1.86. The lowest BCUT2D eigenvalue weighted by Gasteiger charge is -2.16. The van der Waals surface area contributed by atoms with Crippen molar-refractivity contribution >= 4 is 33.4 Å². The van der Waals surface area contributed by atoms with Crippen molar-refractivity contribution in [1.29, 1.82) is 0 Å². The van der Waals surface area contributed by atoms with Gasteiger partial charge in [0.05, 0.1) is 16.6 Å². The quantitative estimate of drug-likeness (QED) is 0.654. The molecule has 27 heavy (non-hydrogen) atoms. The minimum Gasteiger partial charge on any atom is -0.492 e. The zero-order chi connectivity index (χ0) is 20.0. The highest BCUT2D eigenvalue weighted by atomic mass is 32.2. The van der Waals surface area contributed by atoms with E-state index in [1.54, 1.807) is 13.0 Å². The zero-order valence-electron chi connectivity index (χ0n) is 15.8. The molecule has 0 spiro atoms. The Bertz CT molecular complexity index is 896. The number of rotatable bonds is 8. The first-order chi connectivity index (χ1) is 12.7. The van der Waals surface area contributed by atoms with E-state index in [1.165, 1.54) is 30.8 Å². The lowest BCUT2D eigenvalue weighted by molar-refractivity contribution is -0.114. The van der Waals surface area contributed by atoms with Gasteiger partial charge < -0.3 is 10.1 Å². The largest absolute Gasteiger partial charge is 0.492 e. The van der Waals surface area contributed by atoms with Crippen LogP contribution in [-0.2, 0) is 14.8 Å². The predicted octanol–water partition coefficient (Wildman–Crippen LogP) is 3.42. The van der Waals surface area contributed by atoms with Crippen LogP contribution in [0, 0.1) is 6.92 Å². The van der Waals surface area contributed by atoms with Crippen molar-refractivity contribution < 1.29 is 17.9 Å². The Morgan fingerprint density at radius 1 is 1.19 bits per heavy atom. The van der Waals surface area contributed by atoms with Crippen molar-refractivity contribution in [1.82, 2.24) is 4.72 Å². The third-order valence-electron chi connectivity index (χ3n) is 3.67. The molecule has 0 saturated heterocycles. The maximum atomic E-state index is 12.7. The first-order valence-corrected chi connectivity index (χ1v) is 11.1. The summed E-state index contributed by atoms with van der Waals surface area (Å²) in [4.78, 5) is 12.2. The molecule has 1 atom stereocenters. The summed E-state index contributed by atoms with van der Waals surface area (Å²) >= 11 is 1.43. The molecule has 1 amide bonds. The van der Waals surface area contributed by atoms with Crippen LogP contribution in [0.4, 0.5) is 5.69 Å². The van der Waals surface area contributed by atoms with E-state index >= 15 is 0 Å². The maximum Gasteiger partial charge on any atom is 0.241 e. The monoisotopic (exact) mass is 408 g/mol. The van der Waals surface area contributed by atoms with E-state index in [0.29, 0.717) is 11.4 Å².